The third kappa shape index (κ3) is 2.93. The minimum absolute atomic E-state index is 0.0742. The Hall–Kier alpha value is -2.30. The lowest BCUT2D eigenvalue weighted by Gasteiger charge is -2.22. The van der Waals surface area contributed by atoms with Gasteiger partial charge in [0.1, 0.15) is 5.82 Å². The molecule has 0 bridgehead atoms. The fraction of sp³-hybridized carbons (Fsp3) is 0.214. The quantitative estimate of drug-likeness (QED) is 0.900. The van der Waals surface area contributed by atoms with Crippen LogP contribution in [0.25, 0.3) is 0 Å². The summed E-state index contributed by atoms with van der Waals surface area (Å²) in [5.74, 6) is -1.49. The molecule has 0 spiro atoms. The zero-order valence-corrected chi connectivity index (χ0v) is 10.5. The molecule has 19 heavy (non-hydrogen) atoms. The van der Waals surface area contributed by atoms with Crippen LogP contribution in [-0.2, 0) is 6.54 Å². The van der Waals surface area contributed by atoms with Gasteiger partial charge in [0.15, 0.2) is 0 Å². The highest BCUT2D eigenvalue weighted by molar-refractivity contribution is 5.86. The van der Waals surface area contributed by atoms with E-state index < -0.39 is 5.97 Å². The zero-order valence-electron chi connectivity index (χ0n) is 10.5. The van der Waals surface area contributed by atoms with Crippen molar-refractivity contribution < 1.29 is 18.7 Å². The third-order valence-corrected chi connectivity index (χ3v) is 2.86. The Morgan fingerprint density at radius 1 is 1.42 bits per heavy atom. The van der Waals surface area contributed by atoms with Crippen molar-refractivity contribution in [3.63, 3.8) is 0 Å². The van der Waals surface area contributed by atoms with Gasteiger partial charge in [-0.2, -0.15) is 0 Å². The number of carboxylic acids is 1. The Kier molecular flexibility index (Phi) is 3.85. The fourth-order valence-corrected chi connectivity index (χ4v) is 1.91. The number of benzene rings is 1. The van der Waals surface area contributed by atoms with E-state index in [1.807, 2.05) is 11.8 Å². The monoisotopic (exact) mass is 263 g/mol. The summed E-state index contributed by atoms with van der Waals surface area (Å²) in [5, 5.41) is 8.98. The first kappa shape index (κ1) is 13.1. The van der Waals surface area contributed by atoms with Crippen molar-refractivity contribution >= 4 is 11.7 Å². The minimum Gasteiger partial charge on any atom is -0.475 e. The first-order valence-corrected chi connectivity index (χ1v) is 5.92. The second-order valence-corrected chi connectivity index (χ2v) is 4.07. The van der Waals surface area contributed by atoms with Crippen molar-refractivity contribution in [2.45, 2.75) is 13.5 Å². The smallest absolute Gasteiger partial charge is 0.372 e. The molecule has 0 unspecified atom stereocenters. The van der Waals surface area contributed by atoms with Crippen LogP contribution >= 0.6 is 0 Å². The standard InChI is InChI=1S/C14H14FNO3/c1-2-16(12-5-3-4-11(15)8-12)9-10-6-7-19-13(10)14(17)18/h3-8H,2,9H2,1H3,(H,17,18). The molecule has 1 N–H and O–H groups in total. The predicted octanol–water partition coefficient (Wildman–Crippen LogP) is 3.14. The Morgan fingerprint density at radius 2 is 2.21 bits per heavy atom. The van der Waals surface area contributed by atoms with Crippen molar-refractivity contribution in [2.75, 3.05) is 11.4 Å². The van der Waals surface area contributed by atoms with Crippen LogP contribution in [0.4, 0.5) is 10.1 Å². The molecule has 0 atom stereocenters. The summed E-state index contributed by atoms with van der Waals surface area (Å²) in [4.78, 5) is 12.8. The van der Waals surface area contributed by atoms with Gasteiger partial charge in [-0.1, -0.05) is 6.07 Å². The minimum atomic E-state index is -1.10. The molecule has 0 saturated carbocycles. The Morgan fingerprint density at radius 3 is 2.84 bits per heavy atom. The number of hydrogen-bond acceptors (Lipinski definition) is 3. The van der Waals surface area contributed by atoms with Crippen LogP contribution in [0.1, 0.15) is 23.0 Å². The normalized spacial score (nSPS) is 10.4. The predicted molar refractivity (Wildman–Crippen MR) is 68.8 cm³/mol. The van der Waals surface area contributed by atoms with E-state index in [9.17, 15) is 9.18 Å². The van der Waals surface area contributed by atoms with Gasteiger partial charge >= 0.3 is 5.97 Å². The van der Waals surface area contributed by atoms with E-state index >= 15 is 0 Å². The molecule has 2 aromatic rings. The van der Waals surface area contributed by atoms with E-state index in [-0.39, 0.29) is 11.6 Å². The lowest BCUT2D eigenvalue weighted by Crippen LogP contribution is -2.22. The molecule has 1 aromatic carbocycles. The Bertz CT molecular complexity index is 580. The first-order valence-electron chi connectivity index (χ1n) is 5.92. The summed E-state index contributed by atoms with van der Waals surface area (Å²) >= 11 is 0. The van der Waals surface area contributed by atoms with E-state index in [1.165, 1.54) is 18.4 Å². The molecule has 0 aliphatic heterocycles. The van der Waals surface area contributed by atoms with Crippen molar-refractivity contribution in [3.8, 4) is 0 Å². The Balaban J connectivity index is 2.24. The van der Waals surface area contributed by atoms with Gasteiger partial charge in [0.2, 0.25) is 5.76 Å². The van der Waals surface area contributed by atoms with Gasteiger partial charge < -0.3 is 14.4 Å². The molecule has 1 aromatic heterocycles. The van der Waals surface area contributed by atoms with Crippen LogP contribution in [0.2, 0.25) is 0 Å². The molecule has 0 saturated heterocycles. The number of carbonyl (C=O) groups is 1. The largest absolute Gasteiger partial charge is 0.475 e. The second kappa shape index (κ2) is 5.56. The number of rotatable bonds is 5. The molecular formula is C14H14FNO3. The highest BCUT2D eigenvalue weighted by atomic mass is 19.1. The SMILES string of the molecule is CCN(Cc1ccoc1C(=O)O)c1cccc(F)c1. The van der Waals surface area contributed by atoms with Crippen LogP contribution in [0.15, 0.2) is 41.0 Å². The average Bonchev–Trinajstić information content (AvgIpc) is 2.84. The molecule has 0 aliphatic carbocycles. The van der Waals surface area contributed by atoms with Crippen LogP contribution in [-0.4, -0.2) is 17.6 Å². The van der Waals surface area contributed by atoms with Gasteiger partial charge in [-0.3, -0.25) is 0 Å². The molecule has 2 rings (SSSR count). The first-order chi connectivity index (χ1) is 9.11. The molecular weight excluding hydrogens is 249 g/mol. The molecule has 100 valence electrons. The molecule has 1 heterocycles. The zero-order chi connectivity index (χ0) is 13.8. The summed E-state index contributed by atoms with van der Waals surface area (Å²) in [6.45, 7) is 2.91. The maximum atomic E-state index is 13.2. The van der Waals surface area contributed by atoms with Crippen molar-refractivity contribution in [2.24, 2.45) is 0 Å². The molecule has 0 amide bonds. The number of anilines is 1. The van der Waals surface area contributed by atoms with Gasteiger partial charge in [0.05, 0.1) is 6.26 Å². The second-order valence-electron chi connectivity index (χ2n) is 4.07. The maximum Gasteiger partial charge on any atom is 0.372 e. The number of halogens is 1. The number of carboxylic acid groups (broad SMARTS) is 1. The molecule has 5 heteroatoms. The molecule has 0 radical (unpaired) electrons. The van der Waals surface area contributed by atoms with Gasteiger partial charge in [0.25, 0.3) is 0 Å². The highest BCUT2D eigenvalue weighted by Crippen LogP contribution is 2.20. The van der Waals surface area contributed by atoms with Crippen molar-refractivity contribution in [1.82, 2.24) is 0 Å². The summed E-state index contributed by atoms with van der Waals surface area (Å²) < 4.78 is 18.1. The van der Waals surface area contributed by atoms with E-state index in [0.717, 1.165) is 0 Å². The van der Waals surface area contributed by atoms with E-state index in [0.29, 0.717) is 24.3 Å². The van der Waals surface area contributed by atoms with Crippen LogP contribution in [0.5, 0.6) is 0 Å². The average molecular weight is 263 g/mol. The van der Waals surface area contributed by atoms with E-state index in [2.05, 4.69) is 0 Å². The summed E-state index contributed by atoms with van der Waals surface area (Å²) in [5.41, 5.74) is 1.28. The Labute approximate surface area is 110 Å². The van der Waals surface area contributed by atoms with Crippen molar-refractivity contribution in [1.29, 1.82) is 0 Å². The van der Waals surface area contributed by atoms with Gasteiger partial charge in [-0.25, -0.2) is 9.18 Å². The van der Waals surface area contributed by atoms with E-state index in [4.69, 9.17) is 9.52 Å². The number of aromatic carboxylic acids is 1. The van der Waals surface area contributed by atoms with Gasteiger partial charge in [-0.15, -0.1) is 0 Å². The lowest BCUT2D eigenvalue weighted by atomic mass is 10.2. The number of nitrogens with zero attached hydrogens (tertiary/aromatic N) is 1. The van der Waals surface area contributed by atoms with E-state index in [1.54, 1.807) is 18.2 Å². The van der Waals surface area contributed by atoms with Crippen molar-refractivity contribution in [3.05, 3.63) is 53.7 Å². The molecule has 0 aliphatic rings. The highest BCUT2D eigenvalue weighted by Gasteiger charge is 2.16. The number of hydrogen-bond donors (Lipinski definition) is 1. The summed E-state index contributed by atoms with van der Waals surface area (Å²) in [6, 6.07) is 7.82. The summed E-state index contributed by atoms with van der Waals surface area (Å²) in [6.07, 6.45) is 1.35. The fourth-order valence-electron chi connectivity index (χ4n) is 1.91. The summed E-state index contributed by atoms with van der Waals surface area (Å²) in [7, 11) is 0. The molecule has 4 nitrogen and oxygen atoms in total. The van der Waals surface area contributed by atoms with Crippen LogP contribution in [0, 0.1) is 5.82 Å². The number of furan rings is 1. The maximum absolute atomic E-state index is 13.2. The third-order valence-electron chi connectivity index (χ3n) is 2.86. The van der Waals surface area contributed by atoms with Gasteiger partial charge in [-0.05, 0) is 31.2 Å². The lowest BCUT2D eigenvalue weighted by molar-refractivity contribution is 0.0661. The topological polar surface area (TPSA) is 53.7 Å². The van der Waals surface area contributed by atoms with Crippen LogP contribution in [0.3, 0.4) is 0 Å². The molecule has 0 fully saturated rings. The van der Waals surface area contributed by atoms with Gasteiger partial charge in [0, 0.05) is 24.3 Å². The van der Waals surface area contributed by atoms with Crippen LogP contribution < -0.4 is 4.90 Å².